The highest BCUT2D eigenvalue weighted by Crippen LogP contribution is 2.31. The Morgan fingerprint density at radius 2 is 1.85 bits per heavy atom. The fraction of sp³-hybridized carbons (Fsp3) is 0.333. The molecule has 1 saturated carbocycles. The predicted octanol–water partition coefficient (Wildman–Crippen LogP) is 4.71. The molecule has 1 nitrogen and oxygen atoms in total. The zero-order valence-electron chi connectivity index (χ0n) is 12.1. The van der Waals surface area contributed by atoms with Gasteiger partial charge in [-0.15, -0.1) is 0 Å². The van der Waals surface area contributed by atoms with Crippen LogP contribution in [0, 0.1) is 13.8 Å². The molecule has 0 radical (unpaired) electrons. The molecule has 1 aliphatic carbocycles. The van der Waals surface area contributed by atoms with Gasteiger partial charge in [-0.25, -0.2) is 0 Å². The monoisotopic (exact) mass is 283 g/mol. The molecular weight excluding hydrogens is 262 g/mol. The number of rotatable bonds is 5. The number of nitrogens with one attached hydrogen (secondary N) is 1. The average molecular weight is 283 g/mol. The van der Waals surface area contributed by atoms with Crippen LogP contribution in [-0.2, 0) is 6.54 Å². The van der Waals surface area contributed by atoms with E-state index in [4.69, 9.17) is 0 Å². The highest BCUT2D eigenvalue weighted by molar-refractivity contribution is 7.99. The van der Waals surface area contributed by atoms with E-state index < -0.39 is 0 Å². The molecule has 0 aliphatic heterocycles. The Balaban J connectivity index is 1.71. The van der Waals surface area contributed by atoms with Crippen molar-refractivity contribution in [3.8, 4) is 0 Å². The number of hydrogen-bond donors (Lipinski definition) is 1. The van der Waals surface area contributed by atoms with E-state index in [0.29, 0.717) is 0 Å². The molecule has 2 aromatic carbocycles. The summed E-state index contributed by atoms with van der Waals surface area (Å²) in [7, 11) is 0. The standard InChI is InChI=1S/C18H21NS/c1-13-5-3-4-6-18(13)20-17-10-7-15(14(2)11-17)12-19-16-8-9-16/h3-7,10-11,16,19H,8-9,12H2,1-2H3. The highest BCUT2D eigenvalue weighted by atomic mass is 32.2. The maximum absolute atomic E-state index is 3.59. The molecular formula is C18H21NS. The van der Waals surface area contributed by atoms with Gasteiger partial charge >= 0.3 is 0 Å². The average Bonchev–Trinajstić information content (AvgIpc) is 3.25. The first kappa shape index (κ1) is 13.7. The third-order valence-corrected chi connectivity index (χ3v) is 4.96. The van der Waals surface area contributed by atoms with Gasteiger partial charge in [0.2, 0.25) is 0 Å². The van der Waals surface area contributed by atoms with Gasteiger partial charge in [0.25, 0.3) is 0 Å². The summed E-state index contributed by atoms with van der Waals surface area (Å²) in [5.74, 6) is 0. The third kappa shape index (κ3) is 3.44. The number of benzene rings is 2. The lowest BCUT2D eigenvalue weighted by atomic mass is 10.1. The Labute approximate surface area is 125 Å². The van der Waals surface area contributed by atoms with Gasteiger partial charge < -0.3 is 5.32 Å². The quantitative estimate of drug-likeness (QED) is 0.853. The van der Waals surface area contributed by atoms with Gasteiger partial charge in [0.1, 0.15) is 0 Å². The van der Waals surface area contributed by atoms with Gasteiger partial charge in [0, 0.05) is 22.4 Å². The molecule has 2 aromatic rings. The first-order valence-electron chi connectivity index (χ1n) is 7.29. The van der Waals surface area contributed by atoms with Crippen LogP contribution in [0.25, 0.3) is 0 Å². The Morgan fingerprint density at radius 3 is 2.55 bits per heavy atom. The zero-order valence-corrected chi connectivity index (χ0v) is 13.0. The van der Waals surface area contributed by atoms with Gasteiger partial charge in [-0.2, -0.15) is 0 Å². The minimum absolute atomic E-state index is 0.774. The van der Waals surface area contributed by atoms with Crippen LogP contribution in [0.3, 0.4) is 0 Å². The summed E-state index contributed by atoms with van der Waals surface area (Å²) in [6, 6.07) is 16.2. The van der Waals surface area contributed by atoms with E-state index in [9.17, 15) is 0 Å². The van der Waals surface area contributed by atoms with Crippen molar-refractivity contribution in [3.63, 3.8) is 0 Å². The first-order chi connectivity index (χ1) is 9.72. The van der Waals surface area contributed by atoms with E-state index in [1.54, 1.807) is 0 Å². The van der Waals surface area contributed by atoms with Crippen LogP contribution in [0.1, 0.15) is 29.5 Å². The minimum atomic E-state index is 0.774. The lowest BCUT2D eigenvalue weighted by Gasteiger charge is -2.10. The van der Waals surface area contributed by atoms with Crippen LogP contribution >= 0.6 is 11.8 Å². The van der Waals surface area contributed by atoms with Crippen molar-refractivity contribution in [2.24, 2.45) is 0 Å². The summed E-state index contributed by atoms with van der Waals surface area (Å²) in [4.78, 5) is 2.67. The van der Waals surface area contributed by atoms with Crippen molar-refractivity contribution >= 4 is 11.8 Å². The molecule has 2 heteroatoms. The fourth-order valence-corrected chi connectivity index (χ4v) is 3.27. The first-order valence-corrected chi connectivity index (χ1v) is 8.10. The predicted molar refractivity (Wildman–Crippen MR) is 86.3 cm³/mol. The summed E-state index contributed by atoms with van der Waals surface area (Å²) in [6.07, 6.45) is 2.69. The van der Waals surface area contributed by atoms with Crippen molar-refractivity contribution < 1.29 is 0 Å². The van der Waals surface area contributed by atoms with Crippen LogP contribution in [0.15, 0.2) is 52.3 Å². The lowest BCUT2D eigenvalue weighted by Crippen LogP contribution is -2.15. The summed E-state index contributed by atoms with van der Waals surface area (Å²) in [5.41, 5.74) is 4.15. The molecule has 104 valence electrons. The summed E-state index contributed by atoms with van der Waals surface area (Å²) in [6.45, 7) is 5.39. The van der Waals surface area contributed by atoms with Gasteiger partial charge in [-0.3, -0.25) is 0 Å². The van der Waals surface area contributed by atoms with Crippen LogP contribution in [0.5, 0.6) is 0 Å². The van der Waals surface area contributed by atoms with Crippen LogP contribution in [-0.4, -0.2) is 6.04 Å². The van der Waals surface area contributed by atoms with Crippen LogP contribution in [0.2, 0.25) is 0 Å². The summed E-state index contributed by atoms with van der Waals surface area (Å²) in [5, 5.41) is 3.59. The Bertz CT molecular complexity index is 602. The van der Waals surface area contributed by atoms with E-state index in [1.165, 1.54) is 39.3 Å². The topological polar surface area (TPSA) is 12.0 Å². The molecule has 0 atom stereocenters. The molecule has 3 rings (SSSR count). The lowest BCUT2D eigenvalue weighted by molar-refractivity contribution is 0.685. The molecule has 20 heavy (non-hydrogen) atoms. The van der Waals surface area contributed by atoms with Gasteiger partial charge in [0.15, 0.2) is 0 Å². The van der Waals surface area contributed by atoms with E-state index in [2.05, 4.69) is 61.6 Å². The largest absolute Gasteiger partial charge is 0.310 e. The van der Waals surface area contributed by atoms with E-state index in [1.807, 2.05) is 11.8 Å². The summed E-state index contributed by atoms with van der Waals surface area (Å²) >= 11 is 1.85. The normalized spacial score (nSPS) is 14.5. The van der Waals surface area contributed by atoms with Crippen molar-refractivity contribution in [3.05, 3.63) is 59.2 Å². The van der Waals surface area contributed by atoms with Crippen LogP contribution in [0.4, 0.5) is 0 Å². The highest BCUT2D eigenvalue weighted by Gasteiger charge is 2.20. The van der Waals surface area contributed by atoms with Gasteiger partial charge in [0.05, 0.1) is 0 Å². The fourth-order valence-electron chi connectivity index (χ4n) is 2.27. The number of aryl methyl sites for hydroxylation is 2. The second-order valence-electron chi connectivity index (χ2n) is 5.61. The Hall–Kier alpha value is -1.25. The van der Waals surface area contributed by atoms with Crippen molar-refractivity contribution in [1.82, 2.24) is 5.32 Å². The molecule has 0 unspecified atom stereocenters. The molecule has 0 spiro atoms. The van der Waals surface area contributed by atoms with Crippen LogP contribution < -0.4 is 5.32 Å². The molecule has 0 bridgehead atoms. The van der Waals surface area contributed by atoms with E-state index in [0.717, 1.165) is 12.6 Å². The Kier molecular flexibility index (Phi) is 4.13. The molecule has 0 amide bonds. The second kappa shape index (κ2) is 6.02. The van der Waals surface area contributed by atoms with Crippen molar-refractivity contribution in [2.75, 3.05) is 0 Å². The molecule has 1 aliphatic rings. The molecule has 0 aromatic heterocycles. The third-order valence-electron chi connectivity index (χ3n) is 3.79. The molecule has 0 saturated heterocycles. The number of hydrogen-bond acceptors (Lipinski definition) is 2. The minimum Gasteiger partial charge on any atom is -0.310 e. The van der Waals surface area contributed by atoms with Gasteiger partial charge in [-0.1, -0.05) is 36.0 Å². The zero-order chi connectivity index (χ0) is 13.9. The Morgan fingerprint density at radius 1 is 1.05 bits per heavy atom. The SMILES string of the molecule is Cc1cc(Sc2ccccc2C)ccc1CNC1CC1. The van der Waals surface area contributed by atoms with E-state index in [-0.39, 0.29) is 0 Å². The van der Waals surface area contributed by atoms with Crippen molar-refractivity contribution in [1.29, 1.82) is 0 Å². The van der Waals surface area contributed by atoms with Gasteiger partial charge in [-0.05, 0) is 61.6 Å². The summed E-state index contributed by atoms with van der Waals surface area (Å²) < 4.78 is 0. The smallest absolute Gasteiger partial charge is 0.0210 e. The molecule has 0 heterocycles. The van der Waals surface area contributed by atoms with E-state index >= 15 is 0 Å². The maximum Gasteiger partial charge on any atom is 0.0210 e. The maximum atomic E-state index is 3.59. The molecule has 1 N–H and O–H groups in total. The van der Waals surface area contributed by atoms with Crippen molar-refractivity contribution in [2.45, 2.75) is 49.1 Å². The second-order valence-corrected chi connectivity index (χ2v) is 6.73. The molecule has 1 fully saturated rings.